The van der Waals surface area contributed by atoms with Gasteiger partial charge in [-0.3, -0.25) is 9.69 Å². The molecule has 1 N–H and O–H groups in total. The van der Waals surface area contributed by atoms with Crippen molar-refractivity contribution in [2.45, 2.75) is 71.2 Å². The Morgan fingerprint density at radius 1 is 1.04 bits per heavy atom. The number of likely N-dealkylation sites (tertiary alicyclic amines) is 1. The summed E-state index contributed by atoms with van der Waals surface area (Å²) >= 11 is 0. The highest BCUT2D eigenvalue weighted by Crippen LogP contribution is 2.25. The van der Waals surface area contributed by atoms with Crippen molar-refractivity contribution in [2.24, 2.45) is 0 Å². The summed E-state index contributed by atoms with van der Waals surface area (Å²) in [6.07, 6.45) is -0.984. The molecule has 0 radical (unpaired) electrons. The third kappa shape index (κ3) is 5.97. The highest BCUT2D eigenvalue weighted by molar-refractivity contribution is 5.91. The van der Waals surface area contributed by atoms with Gasteiger partial charge in [0.25, 0.3) is 0 Å². The first-order chi connectivity index (χ1) is 12.9. The smallest absolute Gasteiger partial charge is 0.411 e. The first kappa shape index (κ1) is 21.7. The number of hydrogen-bond donors (Lipinski definition) is 1. The lowest BCUT2D eigenvalue weighted by molar-refractivity contribution is -0.129. The Bertz CT molecular complexity index is 719. The fraction of sp³-hybridized carbons (Fsp3) is 0.571. The van der Waals surface area contributed by atoms with Crippen molar-refractivity contribution >= 4 is 18.0 Å². The Hall–Kier alpha value is -2.57. The molecule has 0 saturated carbocycles. The van der Waals surface area contributed by atoms with Crippen LogP contribution in [0.25, 0.3) is 0 Å². The third-order valence-electron chi connectivity index (χ3n) is 4.01. The molecule has 0 aliphatic carbocycles. The van der Waals surface area contributed by atoms with Crippen molar-refractivity contribution in [3.63, 3.8) is 0 Å². The van der Waals surface area contributed by atoms with Gasteiger partial charge in [-0.25, -0.2) is 9.59 Å². The molecule has 154 valence electrons. The number of nitrogens with zero attached hydrogens (tertiary/aromatic N) is 1. The van der Waals surface area contributed by atoms with Crippen LogP contribution >= 0.6 is 0 Å². The van der Waals surface area contributed by atoms with Crippen LogP contribution in [-0.4, -0.2) is 52.7 Å². The van der Waals surface area contributed by atoms with Crippen LogP contribution in [0.4, 0.5) is 4.79 Å². The van der Waals surface area contributed by atoms with E-state index >= 15 is 0 Å². The summed E-state index contributed by atoms with van der Waals surface area (Å²) in [5.41, 5.74) is -0.790. The molecule has 0 bridgehead atoms. The van der Waals surface area contributed by atoms with Crippen LogP contribution in [0.1, 0.15) is 58.3 Å². The minimum absolute atomic E-state index is 0.268. The molecule has 28 heavy (non-hydrogen) atoms. The minimum Gasteiger partial charge on any atom is -0.456 e. The summed E-state index contributed by atoms with van der Waals surface area (Å²) in [4.78, 5) is 39.4. The Kier molecular flexibility index (Phi) is 6.37. The fourth-order valence-corrected chi connectivity index (χ4v) is 2.95. The number of amides is 2. The van der Waals surface area contributed by atoms with Crippen LogP contribution in [0.3, 0.4) is 0 Å². The zero-order valence-electron chi connectivity index (χ0n) is 17.4. The summed E-state index contributed by atoms with van der Waals surface area (Å²) in [6.45, 7) is 11.1. The molecular formula is C21H30N2O5. The number of nitrogens with one attached hydrogen (secondary N) is 1. The maximum absolute atomic E-state index is 12.9. The van der Waals surface area contributed by atoms with E-state index in [0.29, 0.717) is 12.0 Å². The largest absolute Gasteiger partial charge is 0.456 e. The number of benzene rings is 1. The third-order valence-corrected chi connectivity index (χ3v) is 4.01. The SMILES string of the molecule is CC(C)(C)NC(=O)[C@@H]1[C@@H](OC(=O)c2ccccc2)CCN1C(=O)OC(C)(C)C. The summed E-state index contributed by atoms with van der Waals surface area (Å²) in [5, 5.41) is 2.87. The fourth-order valence-electron chi connectivity index (χ4n) is 2.95. The lowest BCUT2D eigenvalue weighted by Gasteiger charge is -2.31. The van der Waals surface area contributed by atoms with Crippen molar-refractivity contribution in [2.75, 3.05) is 6.54 Å². The second kappa shape index (κ2) is 8.20. The molecule has 1 aromatic carbocycles. The van der Waals surface area contributed by atoms with Gasteiger partial charge in [0.05, 0.1) is 5.56 Å². The zero-order valence-corrected chi connectivity index (χ0v) is 17.4. The summed E-state index contributed by atoms with van der Waals surface area (Å²) in [6, 6.07) is 7.63. The van der Waals surface area contributed by atoms with Gasteiger partial charge in [-0.1, -0.05) is 18.2 Å². The summed E-state index contributed by atoms with van der Waals surface area (Å²) < 4.78 is 11.0. The quantitative estimate of drug-likeness (QED) is 0.802. The van der Waals surface area contributed by atoms with Crippen LogP contribution in [-0.2, 0) is 14.3 Å². The zero-order chi connectivity index (χ0) is 21.1. The van der Waals surface area contributed by atoms with E-state index in [4.69, 9.17) is 9.47 Å². The first-order valence-corrected chi connectivity index (χ1v) is 9.45. The van der Waals surface area contributed by atoms with E-state index in [0.717, 1.165) is 0 Å². The molecule has 7 heteroatoms. The van der Waals surface area contributed by atoms with E-state index in [1.54, 1.807) is 51.1 Å². The average molecular weight is 390 g/mol. The average Bonchev–Trinajstić information content (AvgIpc) is 2.96. The molecule has 2 rings (SSSR count). The van der Waals surface area contributed by atoms with E-state index < -0.39 is 35.3 Å². The molecule has 1 fully saturated rings. The second-order valence-corrected chi connectivity index (χ2v) is 8.96. The highest BCUT2D eigenvalue weighted by Gasteiger charge is 2.46. The molecule has 1 aliphatic rings. The number of ether oxygens (including phenoxy) is 2. The number of hydrogen-bond acceptors (Lipinski definition) is 5. The van der Waals surface area contributed by atoms with Crippen molar-refractivity contribution in [3.8, 4) is 0 Å². The Labute approximate surface area is 166 Å². The molecule has 2 amide bonds. The van der Waals surface area contributed by atoms with Crippen LogP contribution in [0.5, 0.6) is 0 Å². The Morgan fingerprint density at radius 2 is 1.64 bits per heavy atom. The normalized spacial score (nSPS) is 19.9. The predicted molar refractivity (Wildman–Crippen MR) is 105 cm³/mol. The van der Waals surface area contributed by atoms with E-state index in [9.17, 15) is 14.4 Å². The number of rotatable bonds is 3. The monoisotopic (exact) mass is 390 g/mol. The molecule has 1 saturated heterocycles. The van der Waals surface area contributed by atoms with E-state index in [-0.39, 0.29) is 12.5 Å². The molecule has 0 unspecified atom stereocenters. The van der Waals surface area contributed by atoms with Gasteiger partial charge in [0.2, 0.25) is 5.91 Å². The van der Waals surface area contributed by atoms with Gasteiger partial charge in [0.1, 0.15) is 11.7 Å². The van der Waals surface area contributed by atoms with Gasteiger partial charge in [-0.05, 0) is 53.7 Å². The number of carbonyl (C=O) groups excluding carboxylic acids is 3. The van der Waals surface area contributed by atoms with E-state index in [1.807, 2.05) is 20.8 Å². The van der Waals surface area contributed by atoms with Crippen molar-refractivity contribution in [1.82, 2.24) is 10.2 Å². The highest BCUT2D eigenvalue weighted by atomic mass is 16.6. The van der Waals surface area contributed by atoms with Gasteiger partial charge < -0.3 is 14.8 Å². The minimum atomic E-state index is -0.943. The first-order valence-electron chi connectivity index (χ1n) is 9.45. The molecule has 1 aliphatic heterocycles. The van der Waals surface area contributed by atoms with Gasteiger partial charge in [-0.15, -0.1) is 0 Å². The predicted octanol–water partition coefficient (Wildman–Crippen LogP) is 3.14. The molecule has 7 nitrogen and oxygen atoms in total. The lowest BCUT2D eigenvalue weighted by atomic mass is 10.1. The van der Waals surface area contributed by atoms with Crippen LogP contribution in [0.2, 0.25) is 0 Å². The van der Waals surface area contributed by atoms with Gasteiger partial charge >= 0.3 is 12.1 Å². The molecule has 1 aromatic rings. The molecule has 1 heterocycles. The van der Waals surface area contributed by atoms with E-state index in [2.05, 4.69) is 5.32 Å². The van der Waals surface area contributed by atoms with Crippen LogP contribution < -0.4 is 5.32 Å². The Morgan fingerprint density at radius 3 is 2.18 bits per heavy atom. The van der Waals surface area contributed by atoms with Crippen molar-refractivity contribution in [3.05, 3.63) is 35.9 Å². The summed E-state index contributed by atoms with van der Waals surface area (Å²) in [5.74, 6) is -0.896. The van der Waals surface area contributed by atoms with Crippen LogP contribution in [0, 0.1) is 0 Å². The van der Waals surface area contributed by atoms with E-state index in [1.165, 1.54) is 4.90 Å². The molecular weight excluding hydrogens is 360 g/mol. The maximum atomic E-state index is 12.9. The van der Waals surface area contributed by atoms with Gasteiger partial charge in [-0.2, -0.15) is 0 Å². The standard InChI is InChI=1S/C21H30N2O5/c1-20(2,3)22-17(24)16-15(27-18(25)14-10-8-7-9-11-14)12-13-23(16)19(26)28-21(4,5)6/h7-11,15-16H,12-13H2,1-6H3,(H,22,24)/t15-,16-/m0/s1. The maximum Gasteiger partial charge on any atom is 0.411 e. The lowest BCUT2D eigenvalue weighted by Crippen LogP contribution is -2.55. The van der Waals surface area contributed by atoms with Crippen molar-refractivity contribution < 1.29 is 23.9 Å². The molecule has 0 aromatic heterocycles. The number of esters is 1. The summed E-state index contributed by atoms with van der Waals surface area (Å²) in [7, 11) is 0. The second-order valence-electron chi connectivity index (χ2n) is 8.96. The van der Waals surface area contributed by atoms with Crippen molar-refractivity contribution in [1.29, 1.82) is 0 Å². The Balaban J connectivity index is 2.22. The topological polar surface area (TPSA) is 84.9 Å². The van der Waals surface area contributed by atoms with Gasteiger partial charge in [0, 0.05) is 18.5 Å². The molecule has 2 atom stereocenters. The molecule has 0 spiro atoms. The van der Waals surface area contributed by atoms with Gasteiger partial charge in [0.15, 0.2) is 6.04 Å². The van der Waals surface area contributed by atoms with Crippen LogP contribution in [0.15, 0.2) is 30.3 Å². The number of carbonyl (C=O) groups is 3.